The molecule has 1 atom stereocenters. The van der Waals surface area contributed by atoms with Gasteiger partial charge in [0.2, 0.25) is 10.0 Å². The van der Waals surface area contributed by atoms with Crippen molar-refractivity contribution in [1.29, 1.82) is 0 Å². The lowest BCUT2D eigenvalue weighted by atomic mass is 10.2. The number of amides is 1. The van der Waals surface area contributed by atoms with Gasteiger partial charge < -0.3 is 19.7 Å². The van der Waals surface area contributed by atoms with Gasteiger partial charge in [-0.2, -0.15) is 4.31 Å². The number of nitrogens with zero attached hydrogens (tertiary/aromatic N) is 2. The predicted molar refractivity (Wildman–Crippen MR) is 85.2 cm³/mol. The maximum Gasteiger partial charge on any atom is 0.318 e. The second kappa shape index (κ2) is 7.32. The highest BCUT2D eigenvalue weighted by atomic mass is 32.2. The van der Waals surface area contributed by atoms with E-state index >= 15 is 0 Å². The number of aromatic nitrogens is 1. The second-order valence-electron chi connectivity index (χ2n) is 5.71. The zero-order valence-electron chi connectivity index (χ0n) is 13.6. The lowest BCUT2D eigenvalue weighted by Gasteiger charge is -2.34. The number of ether oxygens (including phenoxy) is 1. The van der Waals surface area contributed by atoms with Crippen LogP contribution in [-0.4, -0.2) is 84.7 Å². The number of H-pyrrole nitrogens is 1. The smallest absolute Gasteiger partial charge is 0.318 e. The van der Waals surface area contributed by atoms with Crippen molar-refractivity contribution in [3.63, 3.8) is 0 Å². The number of hydrogen-bond donors (Lipinski definition) is 2. The summed E-state index contributed by atoms with van der Waals surface area (Å²) in [5, 5.41) is 8.86. The van der Waals surface area contributed by atoms with Crippen molar-refractivity contribution in [2.75, 3.05) is 39.0 Å². The number of aryl methyl sites for hydroxylation is 1. The van der Waals surface area contributed by atoms with Gasteiger partial charge in [-0.1, -0.05) is 0 Å². The Balaban J connectivity index is 2.05. The standard InChI is InChI=1S/C14H21N3O6S/c1-10-12(3-4-15-10)14(20)16-5-6-23-11(7-16)8-17(9-13(18)19)24(2,21)22/h3-4,11,15H,5-9H2,1-2H3,(H,18,19). The fourth-order valence-electron chi connectivity index (χ4n) is 2.56. The van der Waals surface area contributed by atoms with Crippen LogP contribution in [0.3, 0.4) is 0 Å². The summed E-state index contributed by atoms with van der Waals surface area (Å²) >= 11 is 0. The van der Waals surface area contributed by atoms with Crippen LogP contribution < -0.4 is 0 Å². The number of carbonyl (C=O) groups is 2. The largest absolute Gasteiger partial charge is 0.480 e. The minimum atomic E-state index is -3.68. The Morgan fingerprint density at radius 3 is 2.75 bits per heavy atom. The molecule has 0 bridgehead atoms. The predicted octanol–water partition coefficient (Wildman–Crippen LogP) is -0.490. The number of aliphatic carboxylic acids is 1. The van der Waals surface area contributed by atoms with Gasteiger partial charge in [0.15, 0.2) is 0 Å². The van der Waals surface area contributed by atoms with Gasteiger partial charge in [-0.3, -0.25) is 9.59 Å². The lowest BCUT2D eigenvalue weighted by molar-refractivity contribution is -0.137. The van der Waals surface area contributed by atoms with Crippen LogP contribution in [0.1, 0.15) is 16.1 Å². The SMILES string of the molecule is Cc1[nH]ccc1C(=O)N1CCOC(CN(CC(=O)O)S(C)(=O)=O)C1. The Kier molecular flexibility index (Phi) is 5.62. The van der Waals surface area contributed by atoms with Gasteiger partial charge in [0.25, 0.3) is 5.91 Å². The summed E-state index contributed by atoms with van der Waals surface area (Å²) in [6.45, 7) is 1.92. The molecule has 1 amide bonds. The summed E-state index contributed by atoms with van der Waals surface area (Å²) in [6.07, 6.45) is 2.06. The molecule has 1 fully saturated rings. The van der Waals surface area contributed by atoms with Crippen LogP contribution in [0.4, 0.5) is 0 Å². The molecule has 9 nitrogen and oxygen atoms in total. The van der Waals surface area contributed by atoms with E-state index in [0.717, 1.165) is 16.3 Å². The molecular weight excluding hydrogens is 338 g/mol. The molecule has 0 spiro atoms. The Morgan fingerprint density at radius 1 is 1.50 bits per heavy atom. The Labute approximate surface area is 140 Å². The lowest BCUT2D eigenvalue weighted by Crippen LogP contribution is -2.51. The van der Waals surface area contributed by atoms with E-state index in [9.17, 15) is 18.0 Å². The molecule has 2 heterocycles. The molecule has 2 N–H and O–H groups in total. The third-order valence-electron chi connectivity index (χ3n) is 3.80. The van der Waals surface area contributed by atoms with Crippen molar-refractivity contribution in [2.45, 2.75) is 13.0 Å². The summed E-state index contributed by atoms with van der Waals surface area (Å²) in [7, 11) is -3.68. The first kappa shape index (κ1) is 18.4. The molecule has 1 aromatic heterocycles. The molecule has 10 heteroatoms. The average molecular weight is 359 g/mol. The van der Waals surface area contributed by atoms with Crippen molar-refractivity contribution in [2.24, 2.45) is 0 Å². The molecule has 0 aromatic carbocycles. The normalized spacial score (nSPS) is 18.8. The number of sulfonamides is 1. The van der Waals surface area contributed by atoms with Crippen molar-refractivity contribution in [3.05, 3.63) is 23.5 Å². The first-order valence-corrected chi connectivity index (χ1v) is 9.25. The molecule has 1 aliphatic heterocycles. The van der Waals surface area contributed by atoms with Gasteiger partial charge in [-0.25, -0.2) is 8.42 Å². The molecule has 1 aliphatic rings. The third kappa shape index (κ3) is 4.56. The maximum absolute atomic E-state index is 12.5. The van der Waals surface area contributed by atoms with Crippen molar-refractivity contribution in [1.82, 2.24) is 14.2 Å². The van der Waals surface area contributed by atoms with Crippen LogP contribution in [0.15, 0.2) is 12.3 Å². The van der Waals surface area contributed by atoms with Crippen LogP contribution in [0.2, 0.25) is 0 Å². The number of carboxylic acids is 1. The summed E-state index contributed by atoms with van der Waals surface area (Å²) in [6, 6.07) is 1.69. The minimum absolute atomic E-state index is 0.110. The number of aromatic amines is 1. The van der Waals surface area contributed by atoms with Crippen LogP contribution in [0, 0.1) is 6.92 Å². The average Bonchev–Trinajstić information content (AvgIpc) is 2.91. The van der Waals surface area contributed by atoms with E-state index in [1.165, 1.54) is 0 Å². The number of hydrogen-bond acceptors (Lipinski definition) is 5. The molecular formula is C14H21N3O6S. The summed E-state index contributed by atoms with van der Waals surface area (Å²) < 4.78 is 29.8. The molecule has 0 aliphatic carbocycles. The summed E-state index contributed by atoms with van der Waals surface area (Å²) in [4.78, 5) is 27.9. The zero-order chi connectivity index (χ0) is 17.9. The molecule has 24 heavy (non-hydrogen) atoms. The number of carboxylic acid groups (broad SMARTS) is 1. The van der Waals surface area contributed by atoms with E-state index in [4.69, 9.17) is 9.84 Å². The van der Waals surface area contributed by atoms with E-state index in [1.807, 2.05) is 0 Å². The number of carbonyl (C=O) groups excluding carboxylic acids is 1. The molecule has 1 unspecified atom stereocenters. The number of nitrogens with one attached hydrogen (secondary N) is 1. The quantitative estimate of drug-likeness (QED) is 0.707. The van der Waals surface area contributed by atoms with Gasteiger partial charge >= 0.3 is 5.97 Å². The van der Waals surface area contributed by atoms with Crippen LogP contribution in [0.25, 0.3) is 0 Å². The monoisotopic (exact) mass is 359 g/mol. The van der Waals surface area contributed by atoms with Crippen LogP contribution in [-0.2, 0) is 19.6 Å². The Morgan fingerprint density at radius 2 is 2.21 bits per heavy atom. The van der Waals surface area contributed by atoms with E-state index in [1.54, 1.807) is 24.1 Å². The molecule has 1 aromatic rings. The molecule has 2 rings (SSSR count). The highest BCUT2D eigenvalue weighted by molar-refractivity contribution is 7.88. The first-order valence-electron chi connectivity index (χ1n) is 7.40. The van der Waals surface area contributed by atoms with Crippen LogP contribution >= 0.6 is 0 Å². The molecule has 1 saturated heterocycles. The van der Waals surface area contributed by atoms with E-state index in [2.05, 4.69) is 4.98 Å². The highest BCUT2D eigenvalue weighted by Gasteiger charge is 2.30. The third-order valence-corrected chi connectivity index (χ3v) is 5.01. The Hall–Kier alpha value is -1.91. The van der Waals surface area contributed by atoms with Gasteiger partial charge in [0.1, 0.15) is 6.54 Å². The van der Waals surface area contributed by atoms with E-state index in [0.29, 0.717) is 12.1 Å². The molecule has 0 saturated carbocycles. The molecule has 134 valence electrons. The van der Waals surface area contributed by atoms with Crippen molar-refractivity contribution in [3.8, 4) is 0 Å². The molecule has 0 radical (unpaired) electrons. The van der Waals surface area contributed by atoms with E-state index in [-0.39, 0.29) is 25.6 Å². The first-order chi connectivity index (χ1) is 11.2. The van der Waals surface area contributed by atoms with Gasteiger partial charge in [-0.15, -0.1) is 0 Å². The second-order valence-corrected chi connectivity index (χ2v) is 7.69. The number of morpholine rings is 1. The van der Waals surface area contributed by atoms with Gasteiger partial charge in [0, 0.05) is 31.5 Å². The topological polar surface area (TPSA) is 120 Å². The maximum atomic E-state index is 12.5. The van der Waals surface area contributed by atoms with E-state index < -0.39 is 28.6 Å². The fourth-order valence-corrected chi connectivity index (χ4v) is 3.35. The zero-order valence-corrected chi connectivity index (χ0v) is 14.4. The van der Waals surface area contributed by atoms with Crippen LogP contribution in [0.5, 0.6) is 0 Å². The summed E-state index contributed by atoms with van der Waals surface area (Å²) in [5.41, 5.74) is 1.31. The minimum Gasteiger partial charge on any atom is -0.480 e. The Bertz CT molecular complexity index is 714. The van der Waals surface area contributed by atoms with Gasteiger partial charge in [0.05, 0.1) is 24.5 Å². The van der Waals surface area contributed by atoms with Crippen molar-refractivity contribution < 1.29 is 27.9 Å². The fraction of sp³-hybridized carbons (Fsp3) is 0.571. The van der Waals surface area contributed by atoms with Gasteiger partial charge in [-0.05, 0) is 13.0 Å². The van der Waals surface area contributed by atoms with Crippen molar-refractivity contribution >= 4 is 21.9 Å². The highest BCUT2D eigenvalue weighted by Crippen LogP contribution is 2.14. The number of rotatable bonds is 6. The summed E-state index contributed by atoms with van der Waals surface area (Å²) in [5.74, 6) is -1.40.